The van der Waals surface area contributed by atoms with Gasteiger partial charge in [0.05, 0.1) is 0 Å². The molecule has 0 N–H and O–H groups in total. The third-order valence-electron chi connectivity index (χ3n) is 1.89. The van der Waals surface area contributed by atoms with E-state index in [-0.39, 0.29) is 5.78 Å². The first-order valence-electron chi connectivity index (χ1n) is 4.30. The van der Waals surface area contributed by atoms with E-state index in [4.69, 9.17) is 0 Å². The molecule has 0 bridgehead atoms. The maximum absolute atomic E-state index is 11.3. The second kappa shape index (κ2) is 4.46. The summed E-state index contributed by atoms with van der Waals surface area (Å²) < 4.78 is 0. The van der Waals surface area contributed by atoms with E-state index in [1.807, 2.05) is 0 Å². The van der Waals surface area contributed by atoms with E-state index >= 15 is 0 Å². The Bertz CT molecular complexity index is 354. The van der Waals surface area contributed by atoms with Crippen LogP contribution in [-0.2, 0) is 0 Å². The van der Waals surface area contributed by atoms with Crippen molar-refractivity contribution in [2.24, 2.45) is 0 Å². The highest BCUT2D eigenvalue weighted by Gasteiger charge is 2.06. The van der Waals surface area contributed by atoms with Gasteiger partial charge in [0, 0.05) is 23.1 Å². The van der Waals surface area contributed by atoms with E-state index in [1.165, 1.54) is 18.2 Å². The maximum Gasteiger partial charge on any atom is 0.162 e. The summed E-state index contributed by atoms with van der Waals surface area (Å²) >= 11 is 0. The van der Waals surface area contributed by atoms with Gasteiger partial charge in [-0.3, -0.25) is 14.4 Å². The number of Topliss-reactive ketones (excluding diaryl/α,β-unsaturated/α-hetero) is 1. The Balaban J connectivity index is 3.23. The van der Waals surface area contributed by atoms with E-state index in [1.54, 1.807) is 6.92 Å². The first kappa shape index (κ1) is 10.3. The van der Waals surface area contributed by atoms with Crippen molar-refractivity contribution in [3.8, 4) is 0 Å². The van der Waals surface area contributed by atoms with Crippen LogP contribution in [0.2, 0.25) is 0 Å². The molecule has 0 saturated heterocycles. The van der Waals surface area contributed by atoms with Crippen molar-refractivity contribution in [1.29, 1.82) is 0 Å². The lowest BCUT2D eigenvalue weighted by atomic mass is 10.0. The van der Waals surface area contributed by atoms with Gasteiger partial charge in [0.1, 0.15) is 12.6 Å². The minimum atomic E-state index is -0.0724. The van der Waals surface area contributed by atoms with Crippen LogP contribution in [0.4, 0.5) is 0 Å². The van der Waals surface area contributed by atoms with Crippen molar-refractivity contribution in [2.45, 2.75) is 13.3 Å². The van der Waals surface area contributed by atoms with Gasteiger partial charge in [-0.2, -0.15) is 0 Å². The molecule has 0 saturated carbocycles. The van der Waals surface area contributed by atoms with Gasteiger partial charge in [0.25, 0.3) is 0 Å². The van der Waals surface area contributed by atoms with Crippen LogP contribution >= 0.6 is 0 Å². The van der Waals surface area contributed by atoms with Crippen molar-refractivity contribution < 1.29 is 14.4 Å². The summed E-state index contributed by atoms with van der Waals surface area (Å²) in [6, 6.07) is 4.43. The summed E-state index contributed by atoms with van der Waals surface area (Å²) in [4.78, 5) is 32.3. The molecule has 3 nitrogen and oxygen atoms in total. The molecule has 1 rings (SSSR count). The van der Waals surface area contributed by atoms with Crippen LogP contribution in [0.25, 0.3) is 0 Å². The summed E-state index contributed by atoms with van der Waals surface area (Å²) in [5.74, 6) is -0.0724. The summed E-state index contributed by atoms with van der Waals surface area (Å²) in [7, 11) is 0. The third-order valence-corrected chi connectivity index (χ3v) is 1.89. The number of hydrogen-bond donors (Lipinski definition) is 0. The second-order valence-electron chi connectivity index (χ2n) is 2.90. The van der Waals surface area contributed by atoms with Crippen LogP contribution in [0, 0.1) is 0 Å². The Kier molecular flexibility index (Phi) is 3.29. The molecule has 0 radical (unpaired) electrons. The van der Waals surface area contributed by atoms with Gasteiger partial charge < -0.3 is 0 Å². The number of carbonyl (C=O) groups excluding carboxylic acids is 3. The molecule has 0 aliphatic rings. The van der Waals surface area contributed by atoms with Crippen molar-refractivity contribution in [3.63, 3.8) is 0 Å². The predicted octanol–water partition coefficient (Wildman–Crippen LogP) is 1.90. The quantitative estimate of drug-likeness (QED) is 0.538. The average Bonchev–Trinajstić information content (AvgIpc) is 2.27. The number of hydrogen-bond acceptors (Lipinski definition) is 3. The molecular weight excluding hydrogens is 180 g/mol. The Labute approximate surface area is 81.7 Å². The largest absolute Gasteiger partial charge is 0.298 e. The van der Waals surface area contributed by atoms with Crippen LogP contribution in [0.1, 0.15) is 44.4 Å². The first-order chi connectivity index (χ1) is 6.71. The minimum Gasteiger partial charge on any atom is -0.298 e. The van der Waals surface area contributed by atoms with E-state index < -0.39 is 0 Å². The molecule has 3 heteroatoms. The van der Waals surface area contributed by atoms with Gasteiger partial charge in [0.15, 0.2) is 5.78 Å². The summed E-state index contributed by atoms with van der Waals surface area (Å²) in [5.41, 5.74) is 1.12. The molecule has 0 aromatic heterocycles. The molecule has 0 aliphatic carbocycles. The molecule has 14 heavy (non-hydrogen) atoms. The lowest BCUT2D eigenvalue weighted by Gasteiger charge is -2.00. The fraction of sp³-hybridized carbons (Fsp3) is 0.182. The molecule has 0 atom stereocenters. The Morgan fingerprint density at radius 2 is 1.64 bits per heavy atom. The van der Waals surface area contributed by atoms with E-state index in [2.05, 4.69) is 0 Å². The van der Waals surface area contributed by atoms with Crippen LogP contribution in [0.15, 0.2) is 18.2 Å². The number of carbonyl (C=O) groups is 3. The fourth-order valence-electron chi connectivity index (χ4n) is 1.18. The molecule has 0 unspecified atom stereocenters. The van der Waals surface area contributed by atoms with Crippen molar-refractivity contribution in [3.05, 3.63) is 34.9 Å². The molecule has 0 amide bonds. The minimum absolute atomic E-state index is 0.0724. The first-order valence-corrected chi connectivity index (χ1v) is 4.30. The van der Waals surface area contributed by atoms with Crippen molar-refractivity contribution in [2.75, 3.05) is 0 Å². The normalized spacial score (nSPS) is 9.50. The summed E-state index contributed by atoms with van der Waals surface area (Å²) in [6.07, 6.45) is 1.61. The number of benzene rings is 1. The van der Waals surface area contributed by atoms with Crippen LogP contribution < -0.4 is 0 Å². The molecular formula is C11H10O3. The molecule has 0 spiro atoms. The van der Waals surface area contributed by atoms with Gasteiger partial charge in [-0.05, 0) is 18.2 Å². The predicted molar refractivity (Wildman–Crippen MR) is 51.8 cm³/mol. The highest BCUT2D eigenvalue weighted by molar-refractivity contribution is 5.99. The fourth-order valence-corrected chi connectivity index (χ4v) is 1.18. The highest BCUT2D eigenvalue weighted by atomic mass is 16.1. The van der Waals surface area contributed by atoms with Crippen LogP contribution in [-0.4, -0.2) is 18.4 Å². The molecule has 0 aliphatic heterocycles. The average molecular weight is 190 g/mol. The lowest BCUT2D eigenvalue weighted by molar-refractivity contribution is 0.0988. The number of ketones is 1. The monoisotopic (exact) mass is 190 g/mol. The summed E-state index contributed by atoms with van der Waals surface area (Å²) in [5, 5.41) is 0. The zero-order chi connectivity index (χ0) is 10.6. The third kappa shape index (κ3) is 2.13. The summed E-state index contributed by atoms with van der Waals surface area (Å²) in [6.45, 7) is 1.73. The Hall–Kier alpha value is -1.77. The van der Waals surface area contributed by atoms with E-state index in [0.717, 1.165) is 0 Å². The molecule has 0 fully saturated rings. The lowest BCUT2D eigenvalue weighted by Crippen LogP contribution is -1.99. The topological polar surface area (TPSA) is 51.2 Å². The standard InChI is InChI=1S/C11H10O3/c1-2-11(14)10-4-8(6-12)3-9(5-10)7-13/h3-7H,2H2,1H3. The zero-order valence-corrected chi connectivity index (χ0v) is 7.82. The molecule has 0 heterocycles. The van der Waals surface area contributed by atoms with Crippen molar-refractivity contribution >= 4 is 18.4 Å². The Morgan fingerprint density at radius 1 is 1.14 bits per heavy atom. The number of rotatable bonds is 4. The SMILES string of the molecule is CCC(=O)c1cc(C=O)cc(C=O)c1. The van der Waals surface area contributed by atoms with E-state index in [0.29, 0.717) is 35.7 Å². The molecule has 1 aromatic carbocycles. The number of aldehydes is 2. The van der Waals surface area contributed by atoms with Crippen LogP contribution in [0.5, 0.6) is 0 Å². The van der Waals surface area contributed by atoms with Gasteiger partial charge in [0.2, 0.25) is 0 Å². The van der Waals surface area contributed by atoms with Gasteiger partial charge in [-0.15, -0.1) is 0 Å². The van der Waals surface area contributed by atoms with Gasteiger partial charge in [-0.1, -0.05) is 6.92 Å². The maximum atomic E-state index is 11.3. The van der Waals surface area contributed by atoms with Crippen LogP contribution in [0.3, 0.4) is 0 Å². The van der Waals surface area contributed by atoms with Crippen molar-refractivity contribution in [1.82, 2.24) is 0 Å². The van der Waals surface area contributed by atoms with Gasteiger partial charge >= 0.3 is 0 Å². The van der Waals surface area contributed by atoms with E-state index in [9.17, 15) is 14.4 Å². The smallest absolute Gasteiger partial charge is 0.162 e. The molecule has 1 aromatic rings. The second-order valence-corrected chi connectivity index (χ2v) is 2.90. The Morgan fingerprint density at radius 3 is 2.00 bits per heavy atom. The highest BCUT2D eigenvalue weighted by Crippen LogP contribution is 2.09. The van der Waals surface area contributed by atoms with Gasteiger partial charge in [-0.25, -0.2) is 0 Å². The zero-order valence-electron chi connectivity index (χ0n) is 7.82. The molecule has 72 valence electrons.